The van der Waals surface area contributed by atoms with Crippen LogP contribution in [0.1, 0.15) is 52.4 Å². The minimum Gasteiger partial charge on any atom is -0.353 e. The molecule has 2 rings (SSSR count). The van der Waals surface area contributed by atoms with Crippen molar-refractivity contribution < 1.29 is 4.79 Å². The smallest absolute Gasteiger partial charge is 0.224 e. The van der Waals surface area contributed by atoms with Gasteiger partial charge in [-0.15, -0.1) is 0 Å². The SMILES string of the molecule is CCC1CCCCC1NC(=O)C1CCNC1C. The zero-order valence-corrected chi connectivity index (χ0v) is 11.2. The van der Waals surface area contributed by atoms with E-state index in [-0.39, 0.29) is 11.8 Å². The molecule has 1 aliphatic heterocycles. The zero-order valence-electron chi connectivity index (χ0n) is 11.2. The summed E-state index contributed by atoms with van der Waals surface area (Å²) < 4.78 is 0. The van der Waals surface area contributed by atoms with Crippen molar-refractivity contribution in [2.75, 3.05) is 6.54 Å². The molecule has 1 heterocycles. The molecular formula is C14H26N2O. The largest absolute Gasteiger partial charge is 0.353 e. The Bertz CT molecular complexity index is 267. The fourth-order valence-electron chi connectivity index (χ4n) is 3.39. The number of hydrogen-bond donors (Lipinski definition) is 2. The van der Waals surface area contributed by atoms with E-state index in [0.717, 1.165) is 13.0 Å². The molecule has 0 radical (unpaired) electrons. The molecule has 2 aliphatic rings. The molecule has 3 heteroatoms. The van der Waals surface area contributed by atoms with Gasteiger partial charge in [0.25, 0.3) is 0 Å². The second-order valence-electron chi connectivity index (χ2n) is 5.71. The van der Waals surface area contributed by atoms with Gasteiger partial charge in [-0.05, 0) is 38.6 Å². The summed E-state index contributed by atoms with van der Waals surface area (Å²) in [6.45, 7) is 5.35. The molecular weight excluding hydrogens is 212 g/mol. The van der Waals surface area contributed by atoms with Crippen LogP contribution in [0.25, 0.3) is 0 Å². The summed E-state index contributed by atoms with van der Waals surface area (Å²) in [5.41, 5.74) is 0. The lowest BCUT2D eigenvalue weighted by molar-refractivity contribution is -0.126. The van der Waals surface area contributed by atoms with Gasteiger partial charge in [0.1, 0.15) is 0 Å². The van der Waals surface area contributed by atoms with Crippen LogP contribution in [0, 0.1) is 11.8 Å². The van der Waals surface area contributed by atoms with Crippen LogP contribution in [-0.2, 0) is 4.79 Å². The van der Waals surface area contributed by atoms with Gasteiger partial charge in [0.2, 0.25) is 5.91 Å². The normalized spacial score (nSPS) is 38.0. The lowest BCUT2D eigenvalue weighted by Gasteiger charge is -2.32. The van der Waals surface area contributed by atoms with Crippen molar-refractivity contribution in [3.05, 3.63) is 0 Å². The van der Waals surface area contributed by atoms with E-state index in [1.807, 2.05) is 0 Å². The maximum absolute atomic E-state index is 12.2. The monoisotopic (exact) mass is 238 g/mol. The summed E-state index contributed by atoms with van der Waals surface area (Å²) in [5.74, 6) is 1.18. The van der Waals surface area contributed by atoms with Crippen LogP contribution in [0.2, 0.25) is 0 Å². The van der Waals surface area contributed by atoms with Gasteiger partial charge in [-0.25, -0.2) is 0 Å². The summed E-state index contributed by atoms with van der Waals surface area (Å²) in [4.78, 5) is 12.2. The summed E-state index contributed by atoms with van der Waals surface area (Å²) in [7, 11) is 0. The van der Waals surface area contributed by atoms with Crippen LogP contribution in [-0.4, -0.2) is 24.5 Å². The Labute approximate surface area is 105 Å². The standard InChI is InChI=1S/C14H26N2O/c1-3-11-6-4-5-7-13(11)16-14(17)12-8-9-15-10(12)2/h10-13,15H,3-9H2,1-2H3,(H,16,17). The minimum absolute atomic E-state index is 0.189. The van der Waals surface area contributed by atoms with Crippen LogP contribution in [0.15, 0.2) is 0 Å². The number of hydrogen-bond acceptors (Lipinski definition) is 2. The lowest BCUT2D eigenvalue weighted by Crippen LogP contribution is -2.46. The first kappa shape index (κ1) is 12.9. The third-order valence-corrected chi connectivity index (χ3v) is 4.62. The minimum atomic E-state index is 0.189. The molecule has 1 saturated carbocycles. The van der Waals surface area contributed by atoms with E-state index >= 15 is 0 Å². The van der Waals surface area contributed by atoms with E-state index in [9.17, 15) is 4.79 Å². The Morgan fingerprint density at radius 1 is 1.29 bits per heavy atom. The van der Waals surface area contributed by atoms with E-state index in [1.165, 1.54) is 32.1 Å². The van der Waals surface area contributed by atoms with Gasteiger partial charge in [-0.2, -0.15) is 0 Å². The number of nitrogens with one attached hydrogen (secondary N) is 2. The zero-order chi connectivity index (χ0) is 12.3. The molecule has 0 spiro atoms. The van der Waals surface area contributed by atoms with Crippen LogP contribution >= 0.6 is 0 Å². The van der Waals surface area contributed by atoms with Crippen molar-refractivity contribution in [1.29, 1.82) is 0 Å². The molecule has 0 bridgehead atoms. The number of amides is 1. The van der Waals surface area contributed by atoms with E-state index in [2.05, 4.69) is 24.5 Å². The van der Waals surface area contributed by atoms with Crippen molar-refractivity contribution in [2.24, 2.45) is 11.8 Å². The van der Waals surface area contributed by atoms with E-state index < -0.39 is 0 Å². The Morgan fingerprint density at radius 3 is 2.71 bits per heavy atom. The maximum atomic E-state index is 12.2. The van der Waals surface area contributed by atoms with Crippen LogP contribution in [0.3, 0.4) is 0 Å². The fraction of sp³-hybridized carbons (Fsp3) is 0.929. The molecule has 17 heavy (non-hydrogen) atoms. The fourth-order valence-corrected chi connectivity index (χ4v) is 3.39. The van der Waals surface area contributed by atoms with Gasteiger partial charge >= 0.3 is 0 Å². The number of rotatable bonds is 3. The van der Waals surface area contributed by atoms with E-state index in [1.54, 1.807) is 0 Å². The molecule has 4 unspecified atom stereocenters. The molecule has 4 atom stereocenters. The third-order valence-electron chi connectivity index (χ3n) is 4.62. The highest BCUT2D eigenvalue weighted by Gasteiger charge is 2.32. The number of carbonyl (C=O) groups is 1. The maximum Gasteiger partial charge on any atom is 0.224 e. The van der Waals surface area contributed by atoms with E-state index in [4.69, 9.17) is 0 Å². The average molecular weight is 238 g/mol. The van der Waals surface area contributed by atoms with Crippen LogP contribution in [0.5, 0.6) is 0 Å². The highest BCUT2D eigenvalue weighted by Crippen LogP contribution is 2.27. The molecule has 3 nitrogen and oxygen atoms in total. The Hall–Kier alpha value is -0.570. The Morgan fingerprint density at radius 2 is 2.06 bits per heavy atom. The quantitative estimate of drug-likeness (QED) is 0.790. The predicted molar refractivity (Wildman–Crippen MR) is 69.8 cm³/mol. The van der Waals surface area contributed by atoms with Gasteiger partial charge in [-0.1, -0.05) is 26.2 Å². The van der Waals surface area contributed by atoms with Crippen molar-refractivity contribution in [3.8, 4) is 0 Å². The first-order chi connectivity index (χ1) is 8.22. The molecule has 0 aromatic carbocycles. The molecule has 0 aromatic heterocycles. The molecule has 0 aromatic rings. The van der Waals surface area contributed by atoms with Crippen molar-refractivity contribution in [2.45, 2.75) is 64.5 Å². The number of carbonyl (C=O) groups excluding carboxylic acids is 1. The van der Waals surface area contributed by atoms with Crippen LogP contribution < -0.4 is 10.6 Å². The Kier molecular flexibility index (Phi) is 4.43. The van der Waals surface area contributed by atoms with Crippen molar-refractivity contribution in [1.82, 2.24) is 10.6 Å². The van der Waals surface area contributed by atoms with Crippen molar-refractivity contribution in [3.63, 3.8) is 0 Å². The summed E-state index contributed by atoms with van der Waals surface area (Å²) in [6, 6.07) is 0.785. The van der Waals surface area contributed by atoms with Gasteiger partial charge in [0.05, 0.1) is 5.92 Å². The summed E-state index contributed by atoms with van der Waals surface area (Å²) >= 11 is 0. The second kappa shape index (κ2) is 5.85. The topological polar surface area (TPSA) is 41.1 Å². The van der Waals surface area contributed by atoms with Gasteiger partial charge in [0.15, 0.2) is 0 Å². The first-order valence-corrected chi connectivity index (χ1v) is 7.26. The van der Waals surface area contributed by atoms with E-state index in [0.29, 0.717) is 18.0 Å². The lowest BCUT2D eigenvalue weighted by atomic mass is 9.82. The second-order valence-corrected chi connectivity index (χ2v) is 5.71. The molecule has 98 valence electrons. The average Bonchev–Trinajstić information content (AvgIpc) is 2.76. The van der Waals surface area contributed by atoms with Gasteiger partial charge in [-0.3, -0.25) is 4.79 Å². The van der Waals surface area contributed by atoms with Crippen LogP contribution in [0.4, 0.5) is 0 Å². The first-order valence-electron chi connectivity index (χ1n) is 7.26. The molecule has 2 N–H and O–H groups in total. The third kappa shape index (κ3) is 3.01. The highest BCUT2D eigenvalue weighted by molar-refractivity contribution is 5.80. The Balaban J connectivity index is 1.88. The van der Waals surface area contributed by atoms with Crippen molar-refractivity contribution >= 4 is 5.91 Å². The molecule has 1 saturated heterocycles. The molecule has 1 aliphatic carbocycles. The predicted octanol–water partition coefficient (Wildman–Crippen LogP) is 2.07. The summed E-state index contributed by atoms with van der Waals surface area (Å²) in [5, 5.41) is 6.67. The highest BCUT2D eigenvalue weighted by atomic mass is 16.2. The summed E-state index contributed by atoms with van der Waals surface area (Å²) in [6.07, 6.45) is 7.28. The van der Waals surface area contributed by atoms with Gasteiger partial charge in [0, 0.05) is 12.1 Å². The van der Waals surface area contributed by atoms with Gasteiger partial charge < -0.3 is 10.6 Å². The molecule has 1 amide bonds. The molecule has 2 fully saturated rings.